The Morgan fingerprint density at radius 3 is 2.37 bits per heavy atom. The van der Waals surface area contributed by atoms with Crippen molar-refractivity contribution in [3.05, 3.63) is 47.0 Å². The van der Waals surface area contributed by atoms with E-state index in [4.69, 9.17) is 0 Å². The molecular formula is C16H14F3N3O3S2. The third kappa shape index (κ3) is 4.61. The monoisotopic (exact) mass is 417 g/mol. The lowest BCUT2D eigenvalue weighted by atomic mass is 10.3. The topological polar surface area (TPSA) is 84.1 Å². The molecule has 0 radical (unpaired) electrons. The molecule has 0 aliphatic carbocycles. The van der Waals surface area contributed by atoms with E-state index in [-0.39, 0.29) is 10.6 Å². The van der Waals surface area contributed by atoms with Gasteiger partial charge in [-0.05, 0) is 50.2 Å². The molecule has 0 atom stereocenters. The molecular weight excluding hydrogens is 403 g/mol. The molecule has 3 aromatic rings. The summed E-state index contributed by atoms with van der Waals surface area (Å²) in [5, 5.41) is 6.91. The number of nitrogens with one attached hydrogen (secondary N) is 2. The van der Waals surface area contributed by atoms with E-state index in [2.05, 4.69) is 19.7 Å². The number of sulfonamides is 1. The van der Waals surface area contributed by atoms with Crippen molar-refractivity contribution in [3.63, 3.8) is 0 Å². The summed E-state index contributed by atoms with van der Waals surface area (Å²) >= 11 is 1.28. The van der Waals surface area contributed by atoms with Crippen LogP contribution in [0.25, 0.3) is 10.6 Å². The van der Waals surface area contributed by atoms with Gasteiger partial charge in [0.2, 0.25) is 0 Å². The van der Waals surface area contributed by atoms with Crippen LogP contribution >= 0.6 is 11.3 Å². The zero-order valence-corrected chi connectivity index (χ0v) is 15.7. The minimum absolute atomic E-state index is 0.0822. The van der Waals surface area contributed by atoms with E-state index in [0.717, 1.165) is 17.8 Å². The fourth-order valence-corrected chi connectivity index (χ4v) is 4.95. The summed E-state index contributed by atoms with van der Waals surface area (Å²) in [6.45, 7) is 3.50. The number of aromatic nitrogens is 2. The van der Waals surface area contributed by atoms with Gasteiger partial charge in [0.15, 0.2) is 0 Å². The van der Waals surface area contributed by atoms with Crippen molar-refractivity contribution in [2.45, 2.75) is 25.1 Å². The van der Waals surface area contributed by atoms with Crippen LogP contribution < -0.4 is 9.46 Å². The molecule has 0 aliphatic rings. The van der Waals surface area contributed by atoms with Gasteiger partial charge in [0.05, 0.1) is 4.88 Å². The van der Waals surface area contributed by atoms with Gasteiger partial charge in [0, 0.05) is 16.3 Å². The van der Waals surface area contributed by atoms with Gasteiger partial charge in [-0.15, -0.1) is 24.5 Å². The largest absolute Gasteiger partial charge is 0.573 e. The number of anilines is 1. The Balaban J connectivity index is 1.82. The quantitative estimate of drug-likeness (QED) is 0.642. The average Bonchev–Trinajstić information content (AvgIpc) is 3.14. The van der Waals surface area contributed by atoms with Crippen molar-refractivity contribution < 1.29 is 26.3 Å². The summed E-state index contributed by atoms with van der Waals surface area (Å²) in [7, 11) is -3.91. The van der Waals surface area contributed by atoms with Crippen molar-refractivity contribution in [1.82, 2.24) is 10.2 Å². The first-order valence-electron chi connectivity index (χ1n) is 7.55. The number of hydrogen-bond donors (Lipinski definition) is 2. The molecule has 2 heterocycles. The average molecular weight is 417 g/mol. The molecule has 0 bridgehead atoms. The third-order valence-corrected chi connectivity index (χ3v) is 6.17. The molecule has 3 rings (SSSR count). The molecule has 11 heteroatoms. The molecule has 27 heavy (non-hydrogen) atoms. The summed E-state index contributed by atoms with van der Waals surface area (Å²) in [6.07, 6.45) is -4.81. The summed E-state index contributed by atoms with van der Waals surface area (Å²) < 4.78 is 67.9. The number of H-pyrrole nitrogens is 1. The Kier molecular flexibility index (Phi) is 4.91. The Morgan fingerprint density at radius 1 is 1.15 bits per heavy atom. The van der Waals surface area contributed by atoms with Crippen LogP contribution in [-0.4, -0.2) is 25.0 Å². The van der Waals surface area contributed by atoms with Crippen LogP contribution in [0.3, 0.4) is 0 Å². The molecule has 0 aliphatic heterocycles. The number of benzene rings is 1. The van der Waals surface area contributed by atoms with Crippen molar-refractivity contribution >= 4 is 27.0 Å². The maximum absolute atomic E-state index is 12.6. The SMILES string of the molecule is Cc1cc(-c2cc(S(=O)(=O)Nc3ccc(OC(F)(F)F)cc3)c(C)s2)n[nH]1. The van der Waals surface area contributed by atoms with Crippen molar-refractivity contribution in [1.29, 1.82) is 0 Å². The molecule has 6 nitrogen and oxygen atoms in total. The fraction of sp³-hybridized carbons (Fsp3) is 0.188. The summed E-state index contributed by atoms with van der Waals surface area (Å²) in [5.41, 5.74) is 1.60. The molecule has 2 N–H and O–H groups in total. The summed E-state index contributed by atoms with van der Waals surface area (Å²) in [4.78, 5) is 1.33. The van der Waals surface area contributed by atoms with Gasteiger partial charge in [-0.3, -0.25) is 9.82 Å². The van der Waals surface area contributed by atoms with E-state index >= 15 is 0 Å². The normalized spacial score (nSPS) is 12.2. The first-order chi connectivity index (χ1) is 12.5. The lowest BCUT2D eigenvalue weighted by molar-refractivity contribution is -0.274. The lowest BCUT2D eigenvalue weighted by Gasteiger charge is -2.10. The van der Waals surface area contributed by atoms with Gasteiger partial charge in [0.25, 0.3) is 10.0 Å². The first kappa shape index (κ1) is 19.2. The number of aryl methyl sites for hydroxylation is 2. The Morgan fingerprint density at radius 2 is 1.81 bits per heavy atom. The lowest BCUT2D eigenvalue weighted by Crippen LogP contribution is -2.17. The number of hydrogen-bond acceptors (Lipinski definition) is 5. The molecule has 2 aromatic heterocycles. The number of halogens is 3. The summed E-state index contributed by atoms with van der Waals surface area (Å²) in [6, 6.07) is 7.76. The van der Waals surface area contributed by atoms with Crippen molar-refractivity contribution in [3.8, 4) is 16.3 Å². The van der Waals surface area contributed by atoms with Gasteiger partial charge in [-0.1, -0.05) is 0 Å². The highest BCUT2D eigenvalue weighted by atomic mass is 32.2. The molecule has 1 aromatic carbocycles. The van der Waals surface area contributed by atoms with E-state index in [1.54, 1.807) is 13.0 Å². The van der Waals surface area contributed by atoms with Gasteiger partial charge < -0.3 is 4.74 Å². The summed E-state index contributed by atoms with van der Waals surface area (Å²) in [5.74, 6) is -0.437. The minimum atomic E-state index is -4.81. The molecule has 0 amide bonds. The van der Waals surface area contributed by atoms with Gasteiger partial charge in [-0.25, -0.2) is 8.42 Å². The van der Waals surface area contributed by atoms with Crippen molar-refractivity contribution in [2.24, 2.45) is 0 Å². The van der Waals surface area contributed by atoms with Crippen LogP contribution in [0.5, 0.6) is 5.75 Å². The molecule has 0 saturated carbocycles. The van der Waals surface area contributed by atoms with E-state index < -0.39 is 22.1 Å². The van der Waals surface area contributed by atoms with E-state index in [9.17, 15) is 21.6 Å². The highest BCUT2D eigenvalue weighted by molar-refractivity contribution is 7.93. The predicted molar refractivity (Wildman–Crippen MR) is 95.3 cm³/mol. The molecule has 0 saturated heterocycles. The van der Waals surface area contributed by atoms with Crippen LogP contribution in [0.15, 0.2) is 41.3 Å². The smallest absolute Gasteiger partial charge is 0.406 e. The third-order valence-electron chi connectivity index (χ3n) is 3.46. The highest BCUT2D eigenvalue weighted by Gasteiger charge is 2.31. The predicted octanol–water partition coefficient (Wildman–Crippen LogP) is 4.45. The maximum atomic E-state index is 12.6. The Bertz CT molecular complexity index is 1050. The zero-order valence-electron chi connectivity index (χ0n) is 14.1. The first-order valence-corrected chi connectivity index (χ1v) is 9.85. The highest BCUT2D eigenvalue weighted by Crippen LogP contribution is 2.34. The fourth-order valence-electron chi connectivity index (χ4n) is 2.34. The second kappa shape index (κ2) is 6.89. The second-order valence-corrected chi connectivity index (χ2v) is 8.55. The number of rotatable bonds is 5. The van der Waals surface area contributed by atoms with E-state index in [1.807, 2.05) is 6.92 Å². The standard InChI is InChI=1S/C16H14F3N3O3S2/c1-9-7-13(21-20-9)14-8-15(10(2)26-14)27(23,24)22-11-3-5-12(6-4-11)25-16(17,18)19/h3-8,22H,1-2H3,(H,20,21). The van der Waals surface area contributed by atoms with Crippen molar-refractivity contribution in [2.75, 3.05) is 4.72 Å². The van der Waals surface area contributed by atoms with Crippen LogP contribution in [-0.2, 0) is 10.0 Å². The van der Waals surface area contributed by atoms with E-state index in [1.165, 1.54) is 29.5 Å². The van der Waals surface area contributed by atoms with Gasteiger partial charge in [-0.2, -0.15) is 5.10 Å². The van der Waals surface area contributed by atoms with Gasteiger partial charge >= 0.3 is 6.36 Å². The molecule has 0 spiro atoms. The molecule has 144 valence electrons. The Labute approximate surface area is 157 Å². The number of thiophene rings is 1. The number of ether oxygens (including phenoxy) is 1. The van der Waals surface area contributed by atoms with Crippen LogP contribution in [0, 0.1) is 13.8 Å². The number of nitrogens with zero attached hydrogens (tertiary/aromatic N) is 1. The number of aromatic amines is 1. The number of alkyl halides is 3. The van der Waals surface area contributed by atoms with Crippen LogP contribution in [0.4, 0.5) is 18.9 Å². The molecule has 0 unspecified atom stereocenters. The van der Waals surface area contributed by atoms with Crippen LogP contribution in [0.1, 0.15) is 10.6 Å². The van der Waals surface area contributed by atoms with Crippen LogP contribution in [0.2, 0.25) is 0 Å². The Hall–Kier alpha value is -2.53. The molecule has 0 fully saturated rings. The zero-order chi connectivity index (χ0) is 19.8. The minimum Gasteiger partial charge on any atom is -0.406 e. The maximum Gasteiger partial charge on any atom is 0.573 e. The second-order valence-electron chi connectivity index (χ2n) is 5.64. The van der Waals surface area contributed by atoms with E-state index in [0.29, 0.717) is 15.4 Å². The van der Waals surface area contributed by atoms with Gasteiger partial charge in [0.1, 0.15) is 16.3 Å².